The van der Waals surface area contributed by atoms with Crippen LogP contribution in [-0.4, -0.2) is 14.3 Å². The van der Waals surface area contributed by atoms with E-state index in [0.717, 1.165) is 0 Å². The van der Waals surface area contributed by atoms with E-state index in [1.54, 1.807) is 18.2 Å². The summed E-state index contributed by atoms with van der Waals surface area (Å²) in [6.45, 7) is 5.78. The van der Waals surface area contributed by atoms with Gasteiger partial charge in [0.1, 0.15) is 0 Å². The molecule has 0 aliphatic heterocycles. The lowest BCUT2D eigenvalue weighted by Crippen LogP contribution is -2.29. The van der Waals surface area contributed by atoms with Crippen molar-refractivity contribution in [2.75, 3.05) is 0 Å². The van der Waals surface area contributed by atoms with Gasteiger partial charge in [-0.3, -0.25) is 0 Å². The highest BCUT2D eigenvalue weighted by molar-refractivity contribution is 6.71. The summed E-state index contributed by atoms with van der Waals surface area (Å²) >= 11 is 11.8. The van der Waals surface area contributed by atoms with Crippen LogP contribution in [0.15, 0.2) is 18.2 Å². The van der Waals surface area contributed by atoms with Gasteiger partial charge in [-0.05, 0) is 31.8 Å². The Hall–Kier alpha value is -0.513. The van der Waals surface area contributed by atoms with Crippen LogP contribution in [0.25, 0.3) is 0 Å². The standard InChI is InChI=1S/C10H12Cl2O2Si/c1-15(2,3)14-10(13)9-7(11)5-4-6-8(9)12/h4-6H,1-3H3. The first-order valence-electron chi connectivity index (χ1n) is 4.48. The maximum atomic E-state index is 11.7. The third-order valence-corrected chi connectivity index (χ3v) is 2.99. The highest BCUT2D eigenvalue weighted by atomic mass is 35.5. The first-order chi connectivity index (χ1) is 6.81. The van der Waals surface area contributed by atoms with Gasteiger partial charge in [0.25, 0.3) is 0 Å². The molecule has 2 nitrogen and oxygen atoms in total. The molecule has 0 saturated carbocycles. The highest BCUT2D eigenvalue weighted by Gasteiger charge is 2.24. The Morgan fingerprint density at radius 1 is 1.20 bits per heavy atom. The molecule has 1 rings (SSSR count). The molecule has 1 aromatic rings. The van der Waals surface area contributed by atoms with Crippen molar-refractivity contribution < 1.29 is 9.22 Å². The van der Waals surface area contributed by atoms with Crippen molar-refractivity contribution in [2.24, 2.45) is 0 Å². The van der Waals surface area contributed by atoms with E-state index in [9.17, 15) is 4.79 Å². The lowest BCUT2D eigenvalue weighted by atomic mass is 10.2. The van der Waals surface area contributed by atoms with Crippen molar-refractivity contribution in [3.63, 3.8) is 0 Å². The van der Waals surface area contributed by atoms with Gasteiger partial charge in [0, 0.05) is 0 Å². The molecule has 0 unspecified atom stereocenters. The molecule has 1 aromatic carbocycles. The molecule has 0 aliphatic carbocycles. The van der Waals surface area contributed by atoms with Crippen molar-refractivity contribution in [1.82, 2.24) is 0 Å². The Morgan fingerprint density at radius 2 is 1.67 bits per heavy atom. The predicted octanol–water partition coefficient (Wildman–Crippen LogP) is 3.99. The largest absolute Gasteiger partial charge is 0.516 e. The minimum Gasteiger partial charge on any atom is -0.516 e. The lowest BCUT2D eigenvalue weighted by molar-refractivity contribution is 0.0725. The average molecular weight is 263 g/mol. The van der Waals surface area contributed by atoms with Crippen LogP contribution in [0.3, 0.4) is 0 Å². The molecule has 0 N–H and O–H groups in total. The van der Waals surface area contributed by atoms with Crippen molar-refractivity contribution in [3.8, 4) is 0 Å². The Morgan fingerprint density at radius 3 is 2.07 bits per heavy atom. The van der Waals surface area contributed by atoms with E-state index < -0.39 is 14.3 Å². The number of halogens is 2. The minimum atomic E-state index is -1.92. The second-order valence-corrected chi connectivity index (χ2v) is 9.34. The van der Waals surface area contributed by atoms with Gasteiger partial charge < -0.3 is 4.43 Å². The normalized spacial score (nSPS) is 11.3. The fraction of sp³-hybridized carbons (Fsp3) is 0.300. The van der Waals surface area contributed by atoms with Crippen LogP contribution in [0.5, 0.6) is 0 Å². The zero-order chi connectivity index (χ0) is 11.6. The summed E-state index contributed by atoms with van der Waals surface area (Å²) in [4.78, 5) is 11.7. The molecular formula is C10H12Cl2O2Si. The monoisotopic (exact) mass is 262 g/mol. The summed E-state index contributed by atoms with van der Waals surface area (Å²) in [7, 11) is -1.92. The highest BCUT2D eigenvalue weighted by Crippen LogP contribution is 2.25. The van der Waals surface area contributed by atoms with Gasteiger partial charge >= 0.3 is 5.97 Å². The maximum Gasteiger partial charge on any atom is 0.327 e. The number of hydrogen-bond acceptors (Lipinski definition) is 2. The molecule has 0 heterocycles. The number of carbonyl (C=O) groups is 1. The van der Waals surface area contributed by atoms with Crippen LogP contribution < -0.4 is 0 Å². The summed E-state index contributed by atoms with van der Waals surface area (Å²) < 4.78 is 5.32. The van der Waals surface area contributed by atoms with Crippen LogP contribution in [0.2, 0.25) is 29.7 Å². The van der Waals surface area contributed by atoms with Crippen molar-refractivity contribution >= 4 is 37.5 Å². The van der Waals surface area contributed by atoms with E-state index >= 15 is 0 Å². The van der Waals surface area contributed by atoms with Crippen LogP contribution in [0, 0.1) is 0 Å². The topological polar surface area (TPSA) is 26.3 Å². The van der Waals surface area contributed by atoms with Gasteiger partial charge in [0.05, 0.1) is 15.6 Å². The predicted molar refractivity (Wildman–Crippen MR) is 65.2 cm³/mol. The van der Waals surface area contributed by atoms with Crippen molar-refractivity contribution in [1.29, 1.82) is 0 Å². The summed E-state index contributed by atoms with van der Waals surface area (Å²) in [5, 5.41) is 0.650. The number of rotatable bonds is 2. The number of hydrogen-bond donors (Lipinski definition) is 0. The molecule has 0 aliphatic rings. The Bertz CT molecular complexity index is 365. The van der Waals surface area contributed by atoms with Crippen molar-refractivity contribution in [2.45, 2.75) is 19.6 Å². The Balaban J connectivity index is 3.02. The van der Waals surface area contributed by atoms with Crippen LogP contribution >= 0.6 is 23.2 Å². The summed E-state index contributed by atoms with van der Waals surface area (Å²) in [6, 6.07) is 4.93. The molecule has 0 radical (unpaired) electrons. The van der Waals surface area contributed by atoms with Crippen LogP contribution in [-0.2, 0) is 4.43 Å². The molecule has 0 spiro atoms. The molecule has 0 atom stereocenters. The summed E-state index contributed by atoms with van der Waals surface area (Å²) in [6.07, 6.45) is 0. The molecule has 15 heavy (non-hydrogen) atoms. The van der Waals surface area contributed by atoms with E-state index in [1.807, 2.05) is 19.6 Å². The molecule has 82 valence electrons. The van der Waals surface area contributed by atoms with Crippen LogP contribution in [0.4, 0.5) is 0 Å². The molecule has 0 amide bonds. The smallest absolute Gasteiger partial charge is 0.327 e. The van der Waals surface area contributed by atoms with Crippen LogP contribution in [0.1, 0.15) is 10.4 Å². The quantitative estimate of drug-likeness (QED) is 0.754. The Kier molecular flexibility index (Phi) is 3.81. The molecule has 5 heteroatoms. The maximum absolute atomic E-state index is 11.7. The Labute approximate surface area is 100 Å². The van der Waals surface area contributed by atoms with E-state index in [2.05, 4.69) is 0 Å². The average Bonchev–Trinajstić information content (AvgIpc) is 1.99. The van der Waals surface area contributed by atoms with Gasteiger partial charge in [-0.1, -0.05) is 29.3 Å². The lowest BCUT2D eigenvalue weighted by Gasteiger charge is -2.18. The third-order valence-electron chi connectivity index (χ3n) is 1.57. The zero-order valence-corrected chi connectivity index (χ0v) is 11.3. The number of carbonyl (C=O) groups excluding carboxylic acids is 1. The first-order valence-corrected chi connectivity index (χ1v) is 8.65. The molecule has 0 aromatic heterocycles. The van der Waals surface area contributed by atoms with E-state index in [-0.39, 0.29) is 5.56 Å². The second kappa shape index (κ2) is 4.55. The zero-order valence-electron chi connectivity index (χ0n) is 8.80. The fourth-order valence-corrected chi connectivity index (χ4v) is 2.23. The fourth-order valence-electron chi connectivity index (χ4n) is 1.02. The summed E-state index contributed by atoms with van der Waals surface area (Å²) in [5.74, 6) is -0.440. The SMILES string of the molecule is C[Si](C)(C)OC(=O)c1c(Cl)cccc1Cl. The van der Waals surface area contributed by atoms with E-state index in [0.29, 0.717) is 10.0 Å². The minimum absolute atomic E-state index is 0.253. The van der Waals surface area contributed by atoms with Gasteiger partial charge in [0.2, 0.25) is 8.32 Å². The molecule has 0 bridgehead atoms. The van der Waals surface area contributed by atoms with Gasteiger partial charge in [-0.2, -0.15) is 0 Å². The second-order valence-electron chi connectivity index (χ2n) is 4.10. The summed E-state index contributed by atoms with van der Waals surface area (Å²) in [5.41, 5.74) is 0.253. The third kappa shape index (κ3) is 3.52. The van der Waals surface area contributed by atoms with Gasteiger partial charge in [-0.15, -0.1) is 0 Å². The molecule has 0 saturated heterocycles. The van der Waals surface area contributed by atoms with E-state index in [1.165, 1.54) is 0 Å². The van der Waals surface area contributed by atoms with E-state index in [4.69, 9.17) is 27.6 Å². The molecular weight excluding hydrogens is 251 g/mol. The van der Waals surface area contributed by atoms with Crippen molar-refractivity contribution in [3.05, 3.63) is 33.8 Å². The van der Waals surface area contributed by atoms with Gasteiger partial charge in [0.15, 0.2) is 0 Å². The number of benzene rings is 1. The van der Waals surface area contributed by atoms with Gasteiger partial charge in [-0.25, -0.2) is 4.79 Å². The molecule has 0 fully saturated rings. The first kappa shape index (κ1) is 12.6.